The average Bonchev–Trinajstić information content (AvgIpc) is 2.39. The Hall–Kier alpha value is -1.17. The maximum absolute atomic E-state index is 5.98. The quantitative estimate of drug-likeness (QED) is 0.745. The predicted octanol–water partition coefficient (Wildman–Crippen LogP) is -0.123. The fourth-order valence-electron chi connectivity index (χ4n) is 1.87. The molecule has 1 aliphatic rings. The largest absolute Gasteiger partial charge is 0.378 e. The summed E-state index contributed by atoms with van der Waals surface area (Å²) in [5, 5.41) is 0. The zero-order valence-corrected chi connectivity index (χ0v) is 9.30. The molecule has 0 bridgehead atoms. The number of ether oxygens (including phenoxy) is 1. The van der Waals surface area contributed by atoms with Gasteiger partial charge >= 0.3 is 0 Å². The highest BCUT2D eigenvalue weighted by Gasteiger charge is 2.18. The molecule has 0 saturated carbocycles. The van der Waals surface area contributed by atoms with Crippen molar-refractivity contribution in [1.82, 2.24) is 4.98 Å². The van der Waals surface area contributed by atoms with Crippen molar-refractivity contribution in [3.8, 4) is 0 Å². The van der Waals surface area contributed by atoms with E-state index in [2.05, 4.69) is 9.88 Å². The molecule has 0 aliphatic carbocycles. The van der Waals surface area contributed by atoms with Gasteiger partial charge in [-0.2, -0.15) is 0 Å². The highest BCUT2D eigenvalue weighted by molar-refractivity contribution is 5.48. The van der Waals surface area contributed by atoms with Gasteiger partial charge in [-0.3, -0.25) is 0 Å². The van der Waals surface area contributed by atoms with Gasteiger partial charge in [0, 0.05) is 37.4 Å². The van der Waals surface area contributed by atoms with Gasteiger partial charge in [0.2, 0.25) is 0 Å². The van der Waals surface area contributed by atoms with Gasteiger partial charge in [0.05, 0.1) is 13.2 Å². The standard InChI is InChI=1S/C11H18N4O/c12-8-10(13)9-2-1-3-14-11(9)15-4-6-16-7-5-15/h1-3,10H,4-8,12-13H2. The molecule has 1 atom stereocenters. The van der Waals surface area contributed by atoms with E-state index in [1.165, 1.54) is 0 Å². The van der Waals surface area contributed by atoms with Crippen LogP contribution in [0, 0.1) is 0 Å². The summed E-state index contributed by atoms with van der Waals surface area (Å²) >= 11 is 0. The molecule has 5 heteroatoms. The normalized spacial score (nSPS) is 18.5. The van der Waals surface area contributed by atoms with Crippen molar-refractivity contribution in [2.24, 2.45) is 11.5 Å². The molecule has 0 radical (unpaired) electrons. The average molecular weight is 222 g/mol. The van der Waals surface area contributed by atoms with Gasteiger partial charge in [0.25, 0.3) is 0 Å². The zero-order valence-electron chi connectivity index (χ0n) is 9.30. The van der Waals surface area contributed by atoms with Crippen LogP contribution in [0.25, 0.3) is 0 Å². The smallest absolute Gasteiger partial charge is 0.133 e. The number of pyridine rings is 1. The van der Waals surface area contributed by atoms with Crippen molar-refractivity contribution in [2.45, 2.75) is 6.04 Å². The van der Waals surface area contributed by atoms with Crippen molar-refractivity contribution >= 4 is 5.82 Å². The van der Waals surface area contributed by atoms with Crippen molar-refractivity contribution < 1.29 is 4.74 Å². The third kappa shape index (κ3) is 2.32. The Morgan fingerprint density at radius 1 is 1.44 bits per heavy atom. The fourth-order valence-corrected chi connectivity index (χ4v) is 1.87. The lowest BCUT2D eigenvalue weighted by molar-refractivity contribution is 0.122. The lowest BCUT2D eigenvalue weighted by Gasteiger charge is -2.30. The maximum atomic E-state index is 5.98. The monoisotopic (exact) mass is 222 g/mol. The minimum atomic E-state index is -0.147. The predicted molar refractivity (Wildman–Crippen MR) is 63.3 cm³/mol. The number of aromatic nitrogens is 1. The van der Waals surface area contributed by atoms with Gasteiger partial charge in [-0.25, -0.2) is 4.98 Å². The second-order valence-electron chi connectivity index (χ2n) is 3.86. The van der Waals surface area contributed by atoms with Crippen LogP contribution in [0.15, 0.2) is 18.3 Å². The van der Waals surface area contributed by atoms with Crippen LogP contribution in [-0.4, -0.2) is 37.8 Å². The first-order valence-corrected chi connectivity index (χ1v) is 5.56. The van der Waals surface area contributed by atoms with Gasteiger partial charge < -0.3 is 21.1 Å². The van der Waals surface area contributed by atoms with Crippen LogP contribution in [0.5, 0.6) is 0 Å². The molecule has 1 fully saturated rings. The van der Waals surface area contributed by atoms with E-state index in [1.54, 1.807) is 6.20 Å². The molecule has 0 spiro atoms. The van der Waals surface area contributed by atoms with E-state index in [1.807, 2.05) is 12.1 Å². The van der Waals surface area contributed by atoms with Gasteiger partial charge in [-0.15, -0.1) is 0 Å². The summed E-state index contributed by atoms with van der Waals surface area (Å²) in [5.41, 5.74) is 12.6. The van der Waals surface area contributed by atoms with Crippen LogP contribution in [0.4, 0.5) is 5.82 Å². The Balaban J connectivity index is 2.24. The van der Waals surface area contributed by atoms with Gasteiger partial charge in [-0.1, -0.05) is 6.07 Å². The van der Waals surface area contributed by atoms with E-state index in [-0.39, 0.29) is 6.04 Å². The molecule has 88 valence electrons. The zero-order chi connectivity index (χ0) is 11.4. The molecule has 1 aromatic rings. The van der Waals surface area contributed by atoms with Crippen molar-refractivity contribution in [1.29, 1.82) is 0 Å². The molecule has 16 heavy (non-hydrogen) atoms. The number of morpholine rings is 1. The number of nitrogens with two attached hydrogens (primary N) is 2. The Kier molecular flexibility index (Phi) is 3.71. The van der Waals surface area contributed by atoms with E-state index in [0.29, 0.717) is 6.54 Å². The van der Waals surface area contributed by atoms with Crippen LogP contribution < -0.4 is 16.4 Å². The van der Waals surface area contributed by atoms with Crippen LogP contribution in [0.1, 0.15) is 11.6 Å². The Morgan fingerprint density at radius 3 is 2.88 bits per heavy atom. The Labute approximate surface area is 95.4 Å². The third-order valence-corrected chi connectivity index (χ3v) is 2.78. The molecule has 2 heterocycles. The summed E-state index contributed by atoms with van der Waals surface area (Å²) in [5.74, 6) is 0.948. The number of nitrogens with zero attached hydrogens (tertiary/aromatic N) is 2. The minimum Gasteiger partial charge on any atom is -0.378 e. The maximum Gasteiger partial charge on any atom is 0.133 e. The third-order valence-electron chi connectivity index (χ3n) is 2.78. The van der Waals surface area contributed by atoms with E-state index in [4.69, 9.17) is 16.2 Å². The second-order valence-corrected chi connectivity index (χ2v) is 3.86. The fraction of sp³-hybridized carbons (Fsp3) is 0.545. The Morgan fingerprint density at radius 2 is 2.19 bits per heavy atom. The minimum absolute atomic E-state index is 0.147. The van der Waals surface area contributed by atoms with Crippen molar-refractivity contribution in [3.05, 3.63) is 23.9 Å². The summed E-state index contributed by atoms with van der Waals surface area (Å²) < 4.78 is 5.32. The lowest BCUT2D eigenvalue weighted by Crippen LogP contribution is -2.38. The molecule has 0 aromatic carbocycles. The number of hydrogen-bond acceptors (Lipinski definition) is 5. The molecule has 1 aromatic heterocycles. The highest BCUT2D eigenvalue weighted by Crippen LogP contribution is 2.22. The molecule has 0 amide bonds. The number of anilines is 1. The van der Waals surface area contributed by atoms with E-state index in [0.717, 1.165) is 37.7 Å². The van der Waals surface area contributed by atoms with Crippen LogP contribution >= 0.6 is 0 Å². The summed E-state index contributed by atoms with van der Waals surface area (Å²) in [6.45, 7) is 3.65. The molecule has 1 saturated heterocycles. The SMILES string of the molecule is NCC(N)c1cccnc1N1CCOCC1. The molecular formula is C11H18N4O. The topological polar surface area (TPSA) is 77.4 Å². The molecule has 2 rings (SSSR count). The van der Waals surface area contributed by atoms with Gasteiger partial charge in [-0.05, 0) is 6.07 Å². The first-order chi connectivity index (χ1) is 7.83. The van der Waals surface area contributed by atoms with Gasteiger partial charge in [0.1, 0.15) is 5.82 Å². The van der Waals surface area contributed by atoms with Crippen LogP contribution in [0.3, 0.4) is 0 Å². The van der Waals surface area contributed by atoms with Gasteiger partial charge in [0.15, 0.2) is 0 Å². The molecular weight excluding hydrogens is 204 g/mol. The van der Waals surface area contributed by atoms with E-state index < -0.39 is 0 Å². The first-order valence-electron chi connectivity index (χ1n) is 5.56. The first kappa shape index (κ1) is 11.3. The summed E-state index contributed by atoms with van der Waals surface area (Å²) in [7, 11) is 0. The highest BCUT2D eigenvalue weighted by atomic mass is 16.5. The number of rotatable bonds is 3. The summed E-state index contributed by atoms with van der Waals surface area (Å²) in [6, 6.07) is 3.75. The molecule has 1 aliphatic heterocycles. The van der Waals surface area contributed by atoms with Crippen molar-refractivity contribution in [2.75, 3.05) is 37.7 Å². The second kappa shape index (κ2) is 5.25. The Bertz CT molecular complexity index is 339. The molecule has 1 unspecified atom stereocenters. The van der Waals surface area contributed by atoms with Crippen LogP contribution in [-0.2, 0) is 4.74 Å². The molecule has 5 nitrogen and oxygen atoms in total. The van der Waals surface area contributed by atoms with E-state index in [9.17, 15) is 0 Å². The van der Waals surface area contributed by atoms with E-state index >= 15 is 0 Å². The summed E-state index contributed by atoms with van der Waals surface area (Å²) in [6.07, 6.45) is 1.79. The summed E-state index contributed by atoms with van der Waals surface area (Å²) in [4.78, 5) is 6.61. The lowest BCUT2D eigenvalue weighted by atomic mass is 10.1. The number of hydrogen-bond donors (Lipinski definition) is 2. The molecule has 4 N–H and O–H groups in total. The van der Waals surface area contributed by atoms with Crippen LogP contribution in [0.2, 0.25) is 0 Å². The van der Waals surface area contributed by atoms with Crippen molar-refractivity contribution in [3.63, 3.8) is 0 Å².